The van der Waals surface area contributed by atoms with Crippen molar-refractivity contribution in [1.29, 1.82) is 0 Å². The lowest BCUT2D eigenvalue weighted by atomic mass is 10.1. The summed E-state index contributed by atoms with van der Waals surface area (Å²) in [5, 5.41) is 0. The molecule has 9 heteroatoms. The molecule has 0 amide bonds. The van der Waals surface area contributed by atoms with Gasteiger partial charge in [-0.2, -0.15) is 0 Å². The zero-order chi connectivity index (χ0) is 15.1. The van der Waals surface area contributed by atoms with E-state index in [9.17, 15) is 18.0 Å². The molecule has 0 bridgehead atoms. The van der Waals surface area contributed by atoms with Crippen LogP contribution in [0.15, 0.2) is 23.1 Å². The quantitative estimate of drug-likeness (QED) is 0.673. The number of nitrogens with zero attached hydrogens (tertiary/aromatic N) is 2. The number of hydrogen-bond acceptors (Lipinski definition) is 4. The van der Waals surface area contributed by atoms with Crippen molar-refractivity contribution < 1.29 is 13.2 Å². The number of nitrogen functional groups attached to an aromatic ring is 1. The van der Waals surface area contributed by atoms with Crippen LogP contribution in [-0.2, 0) is 0 Å². The number of rotatable bonds is 2. The number of hydrogen-bond donors (Lipinski definition) is 3. The van der Waals surface area contributed by atoms with Crippen LogP contribution in [0.3, 0.4) is 0 Å². The summed E-state index contributed by atoms with van der Waals surface area (Å²) in [5.41, 5.74) is 4.82. The van der Waals surface area contributed by atoms with E-state index in [4.69, 9.17) is 5.73 Å². The molecule has 4 N–H and O–H groups in total. The first-order valence-electron chi connectivity index (χ1n) is 5.79. The number of halogens is 3. The van der Waals surface area contributed by atoms with Gasteiger partial charge in [-0.15, -0.1) is 0 Å². The summed E-state index contributed by atoms with van der Waals surface area (Å²) in [7, 11) is 0. The summed E-state index contributed by atoms with van der Waals surface area (Å²) >= 11 is 0. The standard InChI is InChI=1S/C12H8F3N5O/c13-5-2-1-4(7-8(5)20-12(21)19-7)6-3-17-9(10(14)15)11(16)18-6/h1-3,10H,(H2,16,18)(H2,19,20,21). The number of aromatic nitrogens is 4. The largest absolute Gasteiger partial charge is 0.382 e. The van der Waals surface area contributed by atoms with Crippen LogP contribution in [0.1, 0.15) is 12.1 Å². The molecular formula is C12H8F3N5O. The van der Waals surface area contributed by atoms with E-state index in [0.29, 0.717) is 5.56 Å². The Hall–Kier alpha value is -2.84. The van der Waals surface area contributed by atoms with Crippen molar-refractivity contribution in [3.05, 3.63) is 40.3 Å². The van der Waals surface area contributed by atoms with Crippen molar-refractivity contribution in [3.63, 3.8) is 0 Å². The number of anilines is 1. The molecule has 2 heterocycles. The van der Waals surface area contributed by atoms with E-state index < -0.39 is 29.4 Å². The number of benzene rings is 1. The fraction of sp³-hybridized carbons (Fsp3) is 0.0833. The van der Waals surface area contributed by atoms with Crippen LogP contribution in [0, 0.1) is 5.82 Å². The Bertz CT molecular complexity index is 886. The van der Waals surface area contributed by atoms with Gasteiger partial charge >= 0.3 is 5.69 Å². The molecule has 0 saturated carbocycles. The van der Waals surface area contributed by atoms with Crippen LogP contribution in [0.25, 0.3) is 22.3 Å². The lowest BCUT2D eigenvalue weighted by Gasteiger charge is -2.07. The summed E-state index contributed by atoms with van der Waals surface area (Å²) in [6, 6.07) is 2.48. The van der Waals surface area contributed by atoms with Crippen LogP contribution in [-0.4, -0.2) is 19.9 Å². The SMILES string of the molecule is Nc1nc(-c2ccc(F)c3[nH]c(=O)[nH]c23)cnc1C(F)F. The van der Waals surface area contributed by atoms with E-state index in [1.165, 1.54) is 6.07 Å². The predicted octanol–water partition coefficient (Wildman–Crippen LogP) is 1.97. The molecule has 0 unspecified atom stereocenters. The highest BCUT2D eigenvalue weighted by molar-refractivity contribution is 5.90. The van der Waals surface area contributed by atoms with Gasteiger partial charge in [-0.05, 0) is 12.1 Å². The lowest BCUT2D eigenvalue weighted by Crippen LogP contribution is -2.03. The fourth-order valence-corrected chi connectivity index (χ4v) is 2.01. The summed E-state index contributed by atoms with van der Waals surface area (Å²) in [6.07, 6.45) is -1.75. The van der Waals surface area contributed by atoms with E-state index in [0.717, 1.165) is 12.3 Å². The summed E-state index contributed by atoms with van der Waals surface area (Å²) < 4.78 is 38.8. The van der Waals surface area contributed by atoms with Gasteiger partial charge in [0.2, 0.25) is 0 Å². The Morgan fingerprint density at radius 1 is 1.19 bits per heavy atom. The molecule has 0 saturated heterocycles. The molecule has 3 rings (SSSR count). The molecular weight excluding hydrogens is 287 g/mol. The second-order valence-corrected chi connectivity index (χ2v) is 4.25. The summed E-state index contributed by atoms with van der Waals surface area (Å²) in [4.78, 5) is 23.4. The zero-order valence-electron chi connectivity index (χ0n) is 10.3. The molecule has 21 heavy (non-hydrogen) atoms. The Morgan fingerprint density at radius 3 is 2.57 bits per heavy atom. The first kappa shape index (κ1) is 13.2. The highest BCUT2D eigenvalue weighted by atomic mass is 19.3. The average Bonchev–Trinajstić information content (AvgIpc) is 2.81. The Balaban J connectivity index is 2.23. The summed E-state index contributed by atoms with van der Waals surface area (Å²) in [6.45, 7) is 0. The van der Waals surface area contributed by atoms with Crippen molar-refractivity contribution >= 4 is 16.9 Å². The maximum absolute atomic E-state index is 13.6. The highest BCUT2D eigenvalue weighted by Gasteiger charge is 2.17. The monoisotopic (exact) mass is 295 g/mol. The molecule has 1 aromatic carbocycles. The molecule has 0 aliphatic carbocycles. The number of aromatic amines is 2. The van der Waals surface area contributed by atoms with Crippen molar-refractivity contribution in [1.82, 2.24) is 19.9 Å². The maximum atomic E-state index is 13.6. The van der Waals surface area contributed by atoms with Gasteiger partial charge in [-0.3, -0.25) is 0 Å². The molecule has 3 aromatic rings. The van der Waals surface area contributed by atoms with Gasteiger partial charge in [0.05, 0.1) is 17.4 Å². The number of fused-ring (bicyclic) bond motifs is 1. The van der Waals surface area contributed by atoms with E-state index >= 15 is 0 Å². The molecule has 0 atom stereocenters. The average molecular weight is 295 g/mol. The highest BCUT2D eigenvalue weighted by Crippen LogP contribution is 2.28. The van der Waals surface area contributed by atoms with Crippen molar-refractivity contribution in [2.45, 2.75) is 6.43 Å². The minimum Gasteiger partial charge on any atom is -0.382 e. The fourth-order valence-electron chi connectivity index (χ4n) is 2.01. The minimum absolute atomic E-state index is 0.0317. The van der Waals surface area contributed by atoms with Crippen LogP contribution in [0.5, 0.6) is 0 Å². The number of imidazole rings is 1. The molecule has 6 nitrogen and oxygen atoms in total. The molecule has 0 radical (unpaired) electrons. The van der Waals surface area contributed by atoms with Crippen LogP contribution >= 0.6 is 0 Å². The third-order valence-corrected chi connectivity index (χ3v) is 2.94. The minimum atomic E-state index is -2.84. The normalized spacial score (nSPS) is 11.4. The Kier molecular flexibility index (Phi) is 2.89. The van der Waals surface area contributed by atoms with E-state index in [1.807, 2.05) is 0 Å². The van der Waals surface area contributed by atoms with E-state index in [2.05, 4.69) is 19.9 Å². The smallest absolute Gasteiger partial charge is 0.323 e. The topological polar surface area (TPSA) is 100 Å². The molecule has 0 spiro atoms. The van der Waals surface area contributed by atoms with Gasteiger partial charge in [-0.25, -0.2) is 27.9 Å². The van der Waals surface area contributed by atoms with Crippen molar-refractivity contribution in [3.8, 4) is 11.3 Å². The van der Waals surface area contributed by atoms with Crippen LogP contribution in [0.4, 0.5) is 19.0 Å². The van der Waals surface area contributed by atoms with Gasteiger partial charge in [0, 0.05) is 5.56 Å². The van der Waals surface area contributed by atoms with Gasteiger partial charge in [0.1, 0.15) is 17.0 Å². The maximum Gasteiger partial charge on any atom is 0.323 e. The lowest BCUT2D eigenvalue weighted by molar-refractivity contribution is 0.146. The molecule has 0 fully saturated rings. The van der Waals surface area contributed by atoms with Gasteiger partial charge in [0.25, 0.3) is 6.43 Å². The van der Waals surface area contributed by atoms with Crippen LogP contribution < -0.4 is 11.4 Å². The second kappa shape index (κ2) is 4.62. The number of nitrogens with one attached hydrogen (secondary N) is 2. The summed E-state index contributed by atoms with van der Waals surface area (Å²) in [5.74, 6) is -1.05. The molecule has 0 aliphatic heterocycles. The van der Waals surface area contributed by atoms with Gasteiger partial charge in [-0.1, -0.05) is 0 Å². The zero-order valence-corrected chi connectivity index (χ0v) is 10.3. The first-order chi connectivity index (χ1) is 9.97. The Labute approximate surface area is 114 Å². The second-order valence-electron chi connectivity index (χ2n) is 4.25. The predicted molar refractivity (Wildman–Crippen MR) is 69.3 cm³/mol. The molecule has 2 aromatic heterocycles. The van der Waals surface area contributed by atoms with Gasteiger partial charge < -0.3 is 15.7 Å². The van der Waals surface area contributed by atoms with Crippen molar-refractivity contribution in [2.75, 3.05) is 5.73 Å². The first-order valence-corrected chi connectivity index (χ1v) is 5.79. The van der Waals surface area contributed by atoms with Gasteiger partial charge in [0.15, 0.2) is 5.82 Å². The third kappa shape index (κ3) is 2.12. The molecule has 108 valence electrons. The van der Waals surface area contributed by atoms with Crippen molar-refractivity contribution in [2.24, 2.45) is 0 Å². The Morgan fingerprint density at radius 2 is 1.90 bits per heavy atom. The number of alkyl halides is 2. The molecule has 0 aliphatic rings. The number of H-pyrrole nitrogens is 2. The van der Waals surface area contributed by atoms with E-state index in [-0.39, 0.29) is 16.7 Å². The van der Waals surface area contributed by atoms with Crippen LogP contribution in [0.2, 0.25) is 0 Å². The van der Waals surface area contributed by atoms with E-state index in [1.54, 1.807) is 0 Å². The third-order valence-electron chi connectivity index (χ3n) is 2.94. The number of nitrogens with two attached hydrogens (primary N) is 1.